The molecule has 16 heavy (non-hydrogen) atoms. The summed E-state index contributed by atoms with van der Waals surface area (Å²) in [5.74, 6) is 0. The highest BCUT2D eigenvalue weighted by atomic mass is 16.3. The zero-order valence-corrected chi connectivity index (χ0v) is 8.84. The Balaban J connectivity index is 2.48. The lowest BCUT2D eigenvalue weighted by atomic mass is 10.3. The van der Waals surface area contributed by atoms with Gasteiger partial charge in [-0.2, -0.15) is 0 Å². The molecular formula is C10H13N3O3. The molecule has 3 N–H and O–H groups in total. The minimum atomic E-state index is -0.947. The molecule has 2 heterocycles. The number of aromatic nitrogens is 3. The second kappa shape index (κ2) is 4.07. The molecule has 0 spiro atoms. The number of hydrogen-bond acceptors (Lipinski definition) is 4. The van der Waals surface area contributed by atoms with Crippen molar-refractivity contribution >= 4 is 11.0 Å². The maximum absolute atomic E-state index is 11.9. The molecule has 0 aliphatic rings. The highest BCUT2D eigenvalue weighted by Gasteiger charge is 2.09. The molecule has 0 aliphatic carbocycles. The quantitative estimate of drug-likeness (QED) is 0.647. The van der Waals surface area contributed by atoms with E-state index in [0.29, 0.717) is 11.0 Å². The Morgan fingerprint density at radius 2 is 2.38 bits per heavy atom. The standard InChI is InChI=1S/C10H13N3O3/c1-6-2-8-9(12-6)11-5-13(10(8)16)3-7(15)4-14/h2,5,7,12,14-15H,3-4H2,1H3. The molecule has 6 heteroatoms. The second-order valence-corrected chi connectivity index (χ2v) is 3.75. The third-order valence-electron chi connectivity index (χ3n) is 2.37. The lowest BCUT2D eigenvalue weighted by Crippen LogP contribution is -2.28. The van der Waals surface area contributed by atoms with Crippen LogP contribution >= 0.6 is 0 Å². The zero-order valence-electron chi connectivity index (χ0n) is 8.84. The molecule has 2 aromatic rings. The first-order valence-electron chi connectivity index (χ1n) is 4.95. The van der Waals surface area contributed by atoms with Crippen molar-refractivity contribution in [2.45, 2.75) is 19.6 Å². The predicted molar refractivity (Wildman–Crippen MR) is 58.2 cm³/mol. The average molecular weight is 223 g/mol. The molecule has 0 saturated carbocycles. The van der Waals surface area contributed by atoms with Crippen LogP contribution in [0.1, 0.15) is 5.69 Å². The summed E-state index contributed by atoms with van der Waals surface area (Å²) in [6.45, 7) is 1.51. The Hall–Kier alpha value is -1.66. The maximum atomic E-state index is 11.9. The molecule has 0 bridgehead atoms. The Morgan fingerprint density at radius 3 is 3.06 bits per heavy atom. The Kier molecular flexibility index (Phi) is 2.76. The van der Waals surface area contributed by atoms with Gasteiger partial charge in [-0.3, -0.25) is 9.36 Å². The van der Waals surface area contributed by atoms with Gasteiger partial charge in [0.25, 0.3) is 5.56 Å². The first kappa shape index (κ1) is 10.8. The molecule has 6 nitrogen and oxygen atoms in total. The van der Waals surface area contributed by atoms with Gasteiger partial charge in [-0.1, -0.05) is 0 Å². The van der Waals surface area contributed by atoms with Crippen LogP contribution in [-0.2, 0) is 6.54 Å². The maximum Gasteiger partial charge on any atom is 0.262 e. The van der Waals surface area contributed by atoms with Crippen LogP contribution in [-0.4, -0.2) is 37.5 Å². The molecule has 0 amide bonds. The molecule has 2 rings (SSSR count). The number of aromatic amines is 1. The molecule has 1 unspecified atom stereocenters. The number of nitrogens with zero attached hydrogens (tertiary/aromatic N) is 2. The molecule has 86 valence electrons. The molecule has 0 fully saturated rings. The number of aliphatic hydroxyl groups is 2. The largest absolute Gasteiger partial charge is 0.394 e. The van der Waals surface area contributed by atoms with Crippen LogP contribution in [0.4, 0.5) is 0 Å². The minimum Gasteiger partial charge on any atom is -0.394 e. The van der Waals surface area contributed by atoms with Gasteiger partial charge in [-0.05, 0) is 13.0 Å². The number of fused-ring (bicyclic) bond motifs is 1. The van der Waals surface area contributed by atoms with Crippen LogP contribution in [0.15, 0.2) is 17.2 Å². The smallest absolute Gasteiger partial charge is 0.262 e. The van der Waals surface area contributed by atoms with E-state index in [4.69, 9.17) is 5.11 Å². The van der Waals surface area contributed by atoms with Crippen molar-refractivity contribution in [1.82, 2.24) is 14.5 Å². The summed E-state index contributed by atoms with van der Waals surface area (Å²) in [6.07, 6.45) is 0.413. The fraction of sp³-hybridized carbons (Fsp3) is 0.400. The van der Waals surface area contributed by atoms with Crippen LogP contribution in [0.25, 0.3) is 11.0 Å². The average Bonchev–Trinajstić information content (AvgIpc) is 2.64. The van der Waals surface area contributed by atoms with Crippen molar-refractivity contribution in [1.29, 1.82) is 0 Å². The lowest BCUT2D eigenvalue weighted by molar-refractivity contribution is 0.0802. The molecular weight excluding hydrogens is 210 g/mol. The Morgan fingerprint density at radius 1 is 1.62 bits per heavy atom. The summed E-state index contributed by atoms with van der Waals surface area (Å²) >= 11 is 0. The summed E-state index contributed by atoms with van der Waals surface area (Å²) in [4.78, 5) is 18.9. The summed E-state index contributed by atoms with van der Waals surface area (Å²) < 4.78 is 1.29. The second-order valence-electron chi connectivity index (χ2n) is 3.75. The van der Waals surface area contributed by atoms with E-state index in [1.807, 2.05) is 6.92 Å². The molecule has 0 aromatic carbocycles. The summed E-state index contributed by atoms with van der Waals surface area (Å²) in [7, 11) is 0. The van der Waals surface area contributed by atoms with Crippen molar-refractivity contribution in [3.63, 3.8) is 0 Å². The molecule has 1 atom stereocenters. The Bertz CT molecular complexity index is 558. The fourth-order valence-electron chi connectivity index (χ4n) is 1.59. The van der Waals surface area contributed by atoms with Gasteiger partial charge < -0.3 is 15.2 Å². The Labute approximate surface area is 91.2 Å². The van der Waals surface area contributed by atoms with E-state index < -0.39 is 6.10 Å². The number of nitrogens with one attached hydrogen (secondary N) is 1. The van der Waals surface area contributed by atoms with Crippen molar-refractivity contribution in [3.8, 4) is 0 Å². The number of H-pyrrole nitrogens is 1. The third kappa shape index (κ3) is 1.84. The lowest BCUT2D eigenvalue weighted by Gasteiger charge is -2.08. The van der Waals surface area contributed by atoms with E-state index >= 15 is 0 Å². The first-order valence-corrected chi connectivity index (χ1v) is 4.95. The van der Waals surface area contributed by atoms with Gasteiger partial charge in [0, 0.05) is 5.69 Å². The highest BCUT2D eigenvalue weighted by molar-refractivity contribution is 5.74. The summed E-state index contributed by atoms with van der Waals surface area (Å²) in [5, 5.41) is 18.5. The highest BCUT2D eigenvalue weighted by Crippen LogP contribution is 2.06. The van der Waals surface area contributed by atoms with Gasteiger partial charge in [-0.15, -0.1) is 0 Å². The summed E-state index contributed by atoms with van der Waals surface area (Å²) in [6, 6.07) is 1.71. The number of rotatable bonds is 3. The van der Waals surface area contributed by atoms with Crippen LogP contribution in [0, 0.1) is 6.92 Å². The normalized spacial score (nSPS) is 13.2. The van der Waals surface area contributed by atoms with Crippen LogP contribution in [0.2, 0.25) is 0 Å². The van der Waals surface area contributed by atoms with Crippen LogP contribution < -0.4 is 5.56 Å². The van der Waals surface area contributed by atoms with E-state index in [0.717, 1.165) is 5.69 Å². The molecule has 2 aromatic heterocycles. The fourth-order valence-corrected chi connectivity index (χ4v) is 1.59. The van der Waals surface area contributed by atoms with Gasteiger partial charge in [0.1, 0.15) is 5.65 Å². The topological polar surface area (TPSA) is 91.1 Å². The van der Waals surface area contributed by atoms with E-state index in [2.05, 4.69) is 9.97 Å². The van der Waals surface area contributed by atoms with E-state index in [-0.39, 0.29) is 18.7 Å². The van der Waals surface area contributed by atoms with Crippen molar-refractivity contribution < 1.29 is 10.2 Å². The number of hydrogen-bond donors (Lipinski definition) is 3. The minimum absolute atomic E-state index is 0.0441. The van der Waals surface area contributed by atoms with Crippen molar-refractivity contribution in [2.75, 3.05) is 6.61 Å². The van der Waals surface area contributed by atoms with E-state index in [9.17, 15) is 9.90 Å². The van der Waals surface area contributed by atoms with Gasteiger partial charge in [0.05, 0.1) is 31.0 Å². The number of aryl methyl sites for hydroxylation is 1. The molecule has 0 saturated heterocycles. The predicted octanol–water partition coefficient (Wildman–Crippen LogP) is -0.614. The van der Waals surface area contributed by atoms with Crippen LogP contribution in [0.5, 0.6) is 0 Å². The van der Waals surface area contributed by atoms with Gasteiger partial charge in [0.2, 0.25) is 0 Å². The van der Waals surface area contributed by atoms with Crippen LogP contribution in [0.3, 0.4) is 0 Å². The van der Waals surface area contributed by atoms with Gasteiger partial charge in [-0.25, -0.2) is 4.98 Å². The van der Waals surface area contributed by atoms with Gasteiger partial charge in [0.15, 0.2) is 0 Å². The molecule has 0 aliphatic heterocycles. The zero-order chi connectivity index (χ0) is 11.7. The number of aliphatic hydroxyl groups excluding tert-OH is 2. The summed E-state index contributed by atoms with van der Waals surface area (Å²) in [5.41, 5.74) is 1.18. The first-order chi connectivity index (χ1) is 7.61. The van der Waals surface area contributed by atoms with E-state index in [1.165, 1.54) is 10.9 Å². The molecule has 0 radical (unpaired) electrons. The van der Waals surface area contributed by atoms with E-state index in [1.54, 1.807) is 6.07 Å². The van der Waals surface area contributed by atoms with Crippen molar-refractivity contribution in [3.05, 3.63) is 28.4 Å². The SMILES string of the molecule is Cc1cc2c(=O)n(CC(O)CO)cnc2[nH]1. The van der Waals surface area contributed by atoms with Crippen molar-refractivity contribution in [2.24, 2.45) is 0 Å². The third-order valence-corrected chi connectivity index (χ3v) is 2.37. The van der Waals surface area contributed by atoms with Gasteiger partial charge >= 0.3 is 0 Å². The monoisotopic (exact) mass is 223 g/mol.